The zero-order valence-electron chi connectivity index (χ0n) is 16.8. The summed E-state index contributed by atoms with van der Waals surface area (Å²) in [5.41, 5.74) is -0.540. The highest BCUT2D eigenvalue weighted by Crippen LogP contribution is 2.37. The normalized spacial score (nSPS) is 11.2. The molecule has 1 aromatic heterocycles. The number of thioether (sulfide) groups is 1. The minimum absolute atomic E-state index is 0.0796. The quantitative estimate of drug-likeness (QED) is 0.442. The summed E-state index contributed by atoms with van der Waals surface area (Å²) in [6, 6.07) is 13.6. The van der Waals surface area contributed by atoms with E-state index in [1.165, 1.54) is 27.7 Å². The summed E-state index contributed by atoms with van der Waals surface area (Å²) in [7, 11) is 1.56. The Bertz CT molecular complexity index is 1160. The number of alkyl halides is 3. The number of hydrogen-bond donors (Lipinski definition) is 0. The second-order valence-corrected chi connectivity index (χ2v) is 8.06. The molecule has 0 aliphatic heterocycles. The number of nitriles is 1. The van der Waals surface area contributed by atoms with Gasteiger partial charge in [-0.05, 0) is 24.3 Å². The molecule has 166 valence electrons. The smallest absolute Gasteiger partial charge is 0.344 e. The standard InChI is InChI=1S/C21H17ClF3N5OS/c1-29(11-5-10-26)18(31)13-32-20-28-27-19(14-6-4-7-15(22)12-14)30(20)17-9-3-2-8-16(17)21(23,24)25/h2-4,6-9,12H,5,11,13H2,1H3. The van der Waals surface area contributed by atoms with Gasteiger partial charge in [0.05, 0.1) is 29.5 Å². The Kier molecular flexibility index (Phi) is 7.43. The molecule has 0 saturated heterocycles. The van der Waals surface area contributed by atoms with Crippen LogP contribution in [0.4, 0.5) is 13.2 Å². The molecule has 3 rings (SSSR count). The molecule has 0 atom stereocenters. The van der Waals surface area contributed by atoms with Gasteiger partial charge in [0.25, 0.3) is 0 Å². The molecule has 0 unspecified atom stereocenters. The van der Waals surface area contributed by atoms with Gasteiger partial charge >= 0.3 is 6.18 Å². The number of carbonyl (C=O) groups is 1. The molecule has 2 aromatic carbocycles. The summed E-state index contributed by atoms with van der Waals surface area (Å²) in [5.74, 6) is -0.200. The van der Waals surface area contributed by atoms with Crippen molar-refractivity contribution in [2.24, 2.45) is 0 Å². The van der Waals surface area contributed by atoms with Crippen LogP contribution in [0.1, 0.15) is 12.0 Å². The number of hydrogen-bond acceptors (Lipinski definition) is 5. The van der Waals surface area contributed by atoms with E-state index < -0.39 is 11.7 Å². The molecule has 11 heteroatoms. The molecule has 0 fully saturated rings. The largest absolute Gasteiger partial charge is 0.418 e. The molecular formula is C21H17ClF3N5OS. The molecule has 3 aromatic rings. The van der Waals surface area contributed by atoms with E-state index in [0.717, 1.165) is 17.8 Å². The van der Waals surface area contributed by atoms with Crippen LogP contribution in [-0.4, -0.2) is 44.9 Å². The van der Waals surface area contributed by atoms with E-state index in [-0.39, 0.29) is 41.3 Å². The summed E-state index contributed by atoms with van der Waals surface area (Å²) < 4.78 is 42.5. The number of benzene rings is 2. The molecular weight excluding hydrogens is 463 g/mol. The number of aromatic nitrogens is 3. The fourth-order valence-corrected chi connectivity index (χ4v) is 3.96. The van der Waals surface area contributed by atoms with Crippen molar-refractivity contribution in [3.63, 3.8) is 0 Å². The van der Waals surface area contributed by atoms with Gasteiger partial charge in [0.2, 0.25) is 5.91 Å². The third kappa shape index (κ3) is 5.41. The Morgan fingerprint density at radius 3 is 2.66 bits per heavy atom. The molecule has 0 aliphatic rings. The van der Waals surface area contributed by atoms with Gasteiger partial charge in [-0.3, -0.25) is 9.36 Å². The molecule has 0 spiro atoms. The highest BCUT2D eigenvalue weighted by atomic mass is 35.5. The van der Waals surface area contributed by atoms with Crippen molar-refractivity contribution in [3.05, 3.63) is 59.1 Å². The first-order valence-electron chi connectivity index (χ1n) is 9.34. The van der Waals surface area contributed by atoms with Gasteiger partial charge in [0.1, 0.15) is 0 Å². The van der Waals surface area contributed by atoms with Crippen molar-refractivity contribution >= 4 is 29.3 Å². The second kappa shape index (κ2) is 10.1. The van der Waals surface area contributed by atoms with E-state index in [9.17, 15) is 18.0 Å². The van der Waals surface area contributed by atoms with Crippen molar-refractivity contribution in [1.82, 2.24) is 19.7 Å². The first kappa shape index (κ1) is 23.6. The Balaban J connectivity index is 2.05. The molecule has 1 heterocycles. The van der Waals surface area contributed by atoms with Gasteiger partial charge in [0, 0.05) is 24.2 Å². The number of para-hydroxylation sites is 1. The fourth-order valence-electron chi connectivity index (χ4n) is 2.88. The van der Waals surface area contributed by atoms with Gasteiger partial charge in [-0.1, -0.05) is 47.6 Å². The molecule has 0 aliphatic carbocycles. The summed E-state index contributed by atoms with van der Waals surface area (Å²) in [4.78, 5) is 13.7. The van der Waals surface area contributed by atoms with E-state index in [1.54, 1.807) is 31.3 Å². The van der Waals surface area contributed by atoms with E-state index >= 15 is 0 Å². The second-order valence-electron chi connectivity index (χ2n) is 6.68. The number of rotatable bonds is 7. The Hall–Kier alpha value is -3.03. The van der Waals surface area contributed by atoms with Crippen molar-refractivity contribution < 1.29 is 18.0 Å². The van der Waals surface area contributed by atoms with Crippen LogP contribution in [0.2, 0.25) is 5.02 Å². The van der Waals surface area contributed by atoms with Crippen LogP contribution < -0.4 is 0 Å². The Labute approximate surface area is 191 Å². The highest BCUT2D eigenvalue weighted by molar-refractivity contribution is 7.99. The number of nitrogens with zero attached hydrogens (tertiary/aromatic N) is 5. The first-order valence-corrected chi connectivity index (χ1v) is 10.7. The van der Waals surface area contributed by atoms with E-state index in [0.29, 0.717) is 10.6 Å². The topological polar surface area (TPSA) is 74.8 Å². The summed E-state index contributed by atoms with van der Waals surface area (Å²) in [6.07, 6.45) is -4.43. The maximum atomic E-state index is 13.7. The summed E-state index contributed by atoms with van der Waals surface area (Å²) in [6.45, 7) is 0.257. The van der Waals surface area contributed by atoms with Crippen LogP contribution in [0.3, 0.4) is 0 Å². The lowest BCUT2D eigenvalue weighted by Crippen LogP contribution is -2.29. The van der Waals surface area contributed by atoms with Crippen LogP contribution in [0, 0.1) is 11.3 Å². The fraction of sp³-hybridized carbons (Fsp3) is 0.238. The van der Waals surface area contributed by atoms with Crippen LogP contribution in [0.25, 0.3) is 17.1 Å². The zero-order valence-corrected chi connectivity index (χ0v) is 18.4. The third-order valence-corrected chi connectivity index (χ3v) is 5.62. The van der Waals surface area contributed by atoms with Crippen LogP contribution in [0.5, 0.6) is 0 Å². The summed E-state index contributed by atoms with van der Waals surface area (Å²) in [5, 5.41) is 17.3. The van der Waals surface area contributed by atoms with Gasteiger partial charge in [0.15, 0.2) is 11.0 Å². The maximum absolute atomic E-state index is 13.7. The zero-order chi connectivity index (χ0) is 23.3. The molecule has 0 saturated carbocycles. The molecule has 6 nitrogen and oxygen atoms in total. The monoisotopic (exact) mass is 479 g/mol. The predicted octanol–water partition coefficient (Wildman–Crippen LogP) is 5.07. The van der Waals surface area contributed by atoms with Gasteiger partial charge in [-0.2, -0.15) is 18.4 Å². The minimum atomic E-state index is -4.61. The van der Waals surface area contributed by atoms with Crippen molar-refractivity contribution in [1.29, 1.82) is 5.26 Å². The van der Waals surface area contributed by atoms with Gasteiger partial charge in [-0.25, -0.2) is 0 Å². The molecule has 32 heavy (non-hydrogen) atoms. The molecule has 0 radical (unpaired) electrons. The third-order valence-electron chi connectivity index (χ3n) is 4.48. The first-order chi connectivity index (χ1) is 15.2. The number of amides is 1. The molecule has 0 bridgehead atoms. The minimum Gasteiger partial charge on any atom is -0.344 e. The number of halogens is 4. The van der Waals surface area contributed by atoms with Gasteiger partial charge in [-0.15, -0.1) is 10.2 Å². The lowest BCUT2D eigenvalue weighted by atomic mass is 10.1. The van der Waals surface area contributed by atoms with E-state index in [1.807, 2.05) is 6.07 Å². The van der Waals surface area contributed by atoms with E-state index in [4.69, 9.17) is 16.9 Å². The average Bonchev–Trinajstić information content (AvgIpc) is 3.19. The van der Waals surface area contributed by atoms with Crippen molar-refractivity contribution in [2.45, 2.75) is 17.8 Å². The van der Waals surface area contributed by atoms with E-state index in [2.05, 4.69) is 10.2 Å². The Morgan fingerprint density at radius 1 is 1.22 bits per heavy atom. The average molecular weight is 480 g/mol. The van der Waals surface area contributed by atoms with Crippen LogP contribution >= 0.6 is 23.4 Å². The number of carbonyl (C=O) groups excluding carboxylic acids is 1. The highest BCUT2D eigenvalue weighted by Gasteiger charge is 2.35. The van der Waals surface area contributed by atoms with Crippen molar-refractivity contribution in [2.75, 3.05) is 19.3 Å². The maximum Gasteiger partial charge on any atom is 0.418 e. The molecule has 1 amide bonds. The lowest BCUT2D eigenvalue weighted by molar-refractivity contribution is -0.137. The van der Waals surface area contributed by atoms with Gasteiger partial charge < -0.3 is 4.90 Å². The Morgan fingerprint density at radius 2 is 1.97 bits per heavy atom. The lowest BCUT2D eigenvalue weighted by Gasteiger charge is -2.17. The van der Waals surface area contributed by atoms with Crippen LogP contribution in [-0.2, 0) is 11.0 Å². The summed E-state index contributed by atoms with van der Waals surface area (Å²) >= 11 is 7.03. The van der Waals surface area contributed by atoms with Crippen molar-refractivity contribution in [3.8, 4) is 23.1 Å². The SMILES string of the molecule is CN(CCC#N)C(=O)CSc1nnc(-c2cccc(Cl)c2)n1-c1ccccc1C(F)(F)F. The van der Waals surface area contributed by atoms with Crippen LogP contribution in [0.15, 0.2) is 53.7 Å². The molecule has 0 N–H and O–H groups in total. The predicted molar refractivity (Wildman–Crippen MR) is 115 cm³/mol.